The van der Waals surface area contributed by atoms with Crippen LogP contribution in [0.5, 0.6) is 5.75 Å². The Morgan fingerprint density at radius 1 is 1.13 bits per heavy atom. The van der Waals surface area contributed by atoms with E-state index in [4.69, 9.17) is 14.2 Å². The molecule has 1 N–H and O–H groups in total. The van der Waals surface area contributed by atoms with Gasteiger partial charge in [-0.3, -0.25) is 9.59 Å². The Kier molecular flexibility index (Phi) is 6.53. The third-order valence-corrected chi connectivity index (χ3v) is 5.75. The summed E-state index contributed by atoms with van der Waals surface area (Å²) >= 11 is 0. The van der Waals surface area contributed by atoms with Gasteiger partial charge in [-0.1, -0.05) is 19.1 Å². The Balaban J connectivity index is 2.17. The van der Waals surface area contributed by atoms with Gasteiger partial charge in [-0.25, -0.2) is 4.79 Å². The number of ether oxygens (including phenoxy) is 3. The van der Waals surface area contributed by atoms with E-state index in [-0.39, 0.29) is 17.8 Å². The summed E-state index contributed by atoms with van der Waals surface area (Å²) in [5.41, 5.74) is 2.90. The number of Topliss-reactive ketones (excluding diaryl/α,β-unsaturated/α-hetero) is 1. The molecule has 2 aliphatic rings. The van der Waals surface area contributed by atoms with Gasteiger partial charge in [0.2, 0.25) is 0 Å². The molecule has 0 bridgehead atoms. The molecule has 0 radical (unpaired) electrons. The molecule has 1 heterocycles. The van der Waals surface area contributed by atoms with Crippen LogP contribution in [-0.4, -0.2) is 38.0 Å². The molecule has 0 saturated carbocycles. The number of carbonyl (C=O) groups is 3. The van der Waals surface area contributed by atoms with E-state index < -0.39 is 23.8 Å². The van der Waals surface area contributed by atoms with Gasteiger partial charge in [-0.05, 0) is 50.8 Å². The predicted octanol–water partition coefficient (Wildman–Crippen LogP) is 3.26. The lowest BCUT2D eigenvalue weighted by Gasteiger charge is -2.38. The Morgan fingerprint density at radius 2 is 1.77 bits per heavy atom. The van der Waals surface area contributed by atoms with E-state index in [1.54, 1.807) is 40.0 Å². The fraction of sp³-hybridized carbons (Fsp3) is 0.458. The number of hydrogen-bond acceptors (Lipinski definition) is 7. The molecule has 0 saturated heterocycles. The fourth-order valence-corrected chi connectivity index (χ4v) is 4.36. The Labute approximate surface area is 182 Å². The van der Waals surface area contributed by atoms with Crippen molar-refractivity contribution in [1.29, 1.82) is 0 Å². The number of allylic oxidation sites excluding steroid dienone is 3. The highest BCUT2D eigenvalue weighted by atomic mass is 16.5. The van der Waals surface area contributed by atoms with Crippen LogP contribution in [-0.2, 0) is 23.9 Å². The summed E-state index contributed by atoms with van der Waals surface area (Å²) in [5, 5.41) is 3.24. The SMILES string of the molecule is COC(=O)[C@@H]1C(=O)C2=C(C[C@H]1C)NC(C)=C(C(=O)OC(C)C)[C@H]2c1ccc(OC)cc1. The zero-order valence-electron chi connectivity index (χ0n) is 18.8. The van der Waals surface area contributed by atoms with Gasteiger partial charge in [0.15, 0.2) is 5.78 Å². The number of nitrogens with one attached hydrogen (secondary N) is 1. The minimum Gasteiger partial charge on any atom is -0.497 e. The first-order valence-corrected chi connectivity index (χ1v) is 10.4. The van der Waals surface area contributed by atoms with E-state index in [0.717, 1.165) is 11.3 Å². The third-order valence-electron chi connectivity index (χ3n) is 5.75. The molecule has 1 aromatic carbocycles. The number of esters is 2. The van der Waals surface area contributed by atoms with Gasteiger partial charge in [-0.2, -0.15) is 0 Å². The fourth-order valence-electron chi connectivity index (χ4n) is 4.36. The molecule has 0 spiro atoms. The van der Waals surface area contributed by atoms with Crippen LogP contribution in [0.1, 0.15) is 45.6 Å². The van der Waals surface area contributed by atoms with Gasteiger partial charge in [-0.15, -0.1) is 0 Å². The van der Waals surface area contributed by atoms with E-state index in [9.17, 15) is 14.4 Å². The second kappa shape index (κ2) is 8.96. The molecule has 0 amide bonds. The molecule has 3 atom stereocenters. The van der Waals surface area contributed by atoms with Crippen LogP contribution in [0.15, 0.2) is 46.8 Å². The van der Waals surface area contributed by atoms with Crippen LogP contribution in [0.4, 0.5) is 0 Å². The number of dihydropyridines is 1. The number of ketones is 1. The first kappa shape index (κ1) is 22.6. The van der Waals surface area contributed by atoms with Crippen LogP contribution >= 0.6 is 0 Å². The van der Waals surface area contributed by atoms with Crippen molar-refractivity contribution in [3.8, 4) is 5.75 Å². The average molecular weight is 427 g/mol. The third kappa shape index (κ3) is 4.22. The summed E-state index contributed by atoms with van der Waals surface area (Å²) < 4.78 is 15.7. The molecule has 3 rings (SSSR count). The molecule has 1 aliphatic heterocycles. The first-order chi connectivity index (χ1) is 14.7. The summed E-state index contributed by atoms with van der Waals surface area (Å²) in [7, 11) is 2.85. The first-order valence-electron chi connectivity index (χ1n) is 10.4. The standard InChI is InChI=1S/C24H29NO6/c1-12(2)31-24(28)19-14(4)25-17-11-13(3)18(23(27)30-6)22(26)21(17)20(19)15-7-9-16(29-5)10-8-15/h7-10,12-13,18,20,25H,11H2,1-6H3/t13-,18+,20-/m1/s1. The van der Waals surface area contributed by atoms with Gasteiger partial charge >= 0.3 is 11.9 Å². The monoisotopic (exact) mass is 427 g/mol. The van der Waals surface area contributed by atoms with Crippen molar-refractivity contribution in [3.05, 3.63) is 52.4 Å². The second-order valence-electron chi connectivity index (χ2n) is 8.26. The van der Waals surface area contributed by atoms with Gasteiger partial charge in [0, 0.05) is 22.9 Å². The van der Waals surface area contributed by atoms with Crippen LogP contribution in [0.2, 0.25) is 0 Å². The molecule has 0 fully saturated rings. The summed E-state index contributed by atoms with van der Waals surface area (Å²) in [6.45, 7) is 7.21. The summed E-state index contributed by atoms with van der Waals surface area (Å²) in [6.07, 6.45) is 0.182. The minimum atomic E-state index is -0.910. The predicted molar refractivity (Wildman–Crippen MR) is 114 cm³/mol. The number of hydrogen-bond donors (Lipinski definition) is 1. The highest BCUT2D eigenvalue weighted by molar-refractivity contribution is 6.12. The van der Waals surface area contributed by atoms with Crippen LogP contribution in [0.3, 0.4) is 0 Å². The zero-order chi connectivity index (χ0) is 22.9. The minimum absolute atomic E-state index is 0.223. The number of methoxy groups -OCH3 is 2. The second-order valence-corrected chi connectivity index (χ2v) is 8.26. The molecule has 0 aromatic heterocycles. The van der Waals surface area contributed by atoms with E-state index in [0.29, 0.717) is 29.0 Å². The summed E-state index contributed by atoms with van der Waals surface area (Å²) in [6, 6.07) is 7.22. The number of rotatable bonds is 5. The number of carbonyl (C=O) groups excluding carboxylic acids is 3. The molecule has 31 heavy (non-hydrogen) atoms. The van der Waals surface area contributed by atoms with Crippen molar-refractivity contribution in [3.63, 3.8) is 0 Å². The highest BCUT2D eigenvalue weighted by Gasteiger charge is 2.47. The Hall–Kier alpha value is -3.09. The lowest BCUT2D eigenvalue weighted by atomic mass is 9.69. The molecule has 1 aliphatic carbocycles. The topological polar surface area (TPSA) is 90.9 Å². The molecule has 7 heteroatoms. The van der Waals surface area contributed by atoms with Crippen molar-refractivity contribution < 1.29 is 28.6 Å². The molecule has 0 unspecified atom stereocenters. The van der Waals surface area contributed by atoms with Crippen LogP contribution in [0, 0.1) is 11.8 Å². The molecule has 166 valence electrons. The Morgan fingerprint density at radius 3 is 2.32 bits per heavy atom. The van der Waals surface area contributed by atoms with Crippen molar-refractivity contribution in [2.75, 3.05) is 14.2 Å². The number of benzene rings is 1. The maximum Gasteiger partial charge on any atom is 0.337 e. The van der Waals surface area contributed by atoms with Crippen LogP contribution < -0.4 is 10.1 Å². The van der Waals surface area contributed by atoms with E-state index in [2.05, 4.69) is 5.32 Å². The molecule has 7 nitrogen and oxygen atoms in total. The van der Waals surface area contributed by atoms with Gasteiger partial charge in [0.25, 0.3) is 0 Å². The average Bonchev–Trinajstić information content (AvgIpc) is 2.71. The van der Waals surface area contributed by atoms with Crippen LogP contribution in [0.25, 0.3) is 0 Å². The smallest absolute Gasteiger partial charge is 0.337 e. The van der Waals surface area contributed by atoms with Crippen molar-refractivity contribution in [2.24, 2.45) is 11.8 Å². The van der Waals surface area contributed by atoms with E-state index in [1.165, 1.54) is 7.11 Å². The normalized spacial score (nSPS) is 23.3. The van der Waals surface area contributed by atoms with Crippen molar-refractivity contribution in [1.82, 2.24) is 5.32 Å². The Bertz CT molecular complexity index is 957. The van der Waals surface area contributed by atoms with Gasteiger partial charge < -0.3 is 19.5 Å². The lowest BCUT2D eigenvalue weighted by Crippen LogP contribution is -2.43. The maximum atomic E-state index is 13.6. The maximum absolute atomic E-state index is 13.6. The lowest BCUT2D eigenvalue weighted by molar-refractivity contribution is -0.151. The summed E-state index contributed by atoms with van der Waals surface area (Å²) in [4.78, 5) is 39.1. The zero-order valence-corrected chi connectivity index (χ0v) is 18.8. The molecular formula is C24H29NO6. The molecule has 1 aromatic rings. The van der Waals surface area contributed by atoms with Gasteiger partial charge in [0.05, 0.1) is 25.9 Å². The van der Waals surface area contributed by atoms with Crippen molar-refractivity contribution >= 4 is 17.7 Å². The largest absolute Gasteiger partial charge is 0.497 e. The van der Waals surface area contributed by atoms with Gasteiger partial charge in [0.1, 0.15) is 11.7 Å². The summed E-state index contributed by atoms with van der Waals surface area (Å²) in [5.74, 6) is -2.50. The van der Waals surface area contributed by atoms with E-state index >= 15 is 0 Å². The molecular weight excluding hydrogens is 398 g/mol. The quantitative estimate of drug-likeness (QED) is 0.570. The van der Waals surface area contributed by atoms with E-state index in [1.807, 2.05) is 19.1 Å². The highest BCUT2D eigenvalue weighted by Crippen LogP contribution is 2.45. The van der Waals surface area contributed by atoms with Crippen molar-refractivity contribution in [2.45, 2.75) is 46.1 Å².